The Morgan fingerprint density at radius 2 is 1.88 bits per heavy atom. The van der Waals surface area contributed by atoms with Gasteiger partial charge in [-0.15, -0.1) is 0 Å². The van der Waals surface area contributed by atoms with E-state index in [0.717, 1.165) is 19.6 Å². The van der Waals surface area contributed by atoms with Crippen LogP contribution in [0.4, 0.5) is 5.69 Å². The highest BCUT2D eigenvalue weighted by atomic mass is 16.5. The second kappa shape index (κ2) is 5.52. The van der Waals surface area contributed by atoms with Gasteiger partial charge in [0.25, 0.3) is 0 Å². The molecule has 3 heteroatoms. The van der Waals surface area contributed by atoms with Crippen molar-refractivity contribution in [1.29, 1.82) is 0 Å². The first kappa shape index (κ1) is 12.4. The summed E-state index contributed by atoms with van der Waals surface area (Å²) in [5, 5.41) is 3.23. The molecule has 0 unspecified atom stereocenters. The summed E-state index contributed by atoms with van der Waals surface area (Å²) >= 11 is 0. The third-order valence-electron chi connectivity index (χ3n) is 3.12. The zero-order valence-electron chi connectivity index (χ0n) is 10.9. The maximum absolute atomic E-state index is 5.78. The average Bonchev–Trinajstić information content (AvgIpc) is 2.29. The molecule has 1 aliphatic heterocycles. The van der Waals surface area contributed by atoms with E-state index >= 15 is 0 Å². The molecular formula is C14H22N2O. The first-order valence-electron chi connectivity index (χ1n) is 6.33. The second-order valence-corrected chi connectivity index (χ2v) is 4.82. The van der Waals surface area contributed by atoms with Gasteiger partial charge in [0, 0.05) is 25.3 Å². The molecule has 2 atom stereocenters. The zero-order chi connectivity index (χ0) is 12.3. The molecule has 94 valence electrons. The van der Waals surface area contributed by atoms with Crippen molar-refractivity contribution in [2.24, 2.45) is 0 Å². The van der Waals surface area contributed by atoms with Gasteiger partial charge < -0.3 is 15.0 Å². The Bertz CT molecular complexity index is 357. The highest BCUT2D eigenvalue weighted by Gasteiger charge is 2.23. The number of benzene rings is 1. The second-order valence-electron chi connectivity index (χ2n) is 4.82. The number of hydrogen-bond donors (Lipinski definition) is 1. The lowest BCUT2D eigenvalue weighted by atomic mass is 10.1. The minimum Gasteiger partial charge on any atom is -0.372 e. The predicted molar refractivity (Wildman–Crippen MR) is 71.4 cm³/mol. The quantitative estimate of drug-likeness (QED) is 0.866. The Kier molecular flexibility index (Phi) is 4.02. The van der Waals surface area contributed by atoms with Crippen LogP contribution in [0.1, 0.15) is 19.4 Å². The molecule has 0 saturated carbocycles. The van der Waals surface area contributed by atoms with E-state index in [1.165, 1.54) is 11.3 Å². The molecule has 1 N–H and O–H groups in total. The molecule has 1 aromatic rings. The Morgan fingerprint density at radius 3 is 2.53 bits per heavy atom. The molecular weight excluding hydrogens is 212 g/mol. The van der Waals surface area contributed by atoms with Crippen LogP contribution < -0.4 is 10.2 Å². The van der Waals surface area contributed by atoms with Crippen LogP contribution >= 0.6 is 0 Å². The van der Waals surface area contributed by atoms with Crippen LogP contribution in [0.15, 0.2) is 24.3 Å². The Hall–Kier alpha value is -1.06. The van der Waals surface area contributed by atoms with Gasteiger partial charge in [0.2, 0.25) is 0 Å². The van der Waals surface area contributed by atoms with Crippen LogP contribution in [0.3, 0.4) is 0 Å². The van der Waals surface area contributed by atoms with E-state index in [-0.39, 0.29) is 0 Å². The minimum atomic E-state index is 0.307. The van der Waals surface area contributed by atoms with Crippen molar-refractivity contribution in [3.05, 3.63) is 29.8 Å². The van der Waals surface area contributed by atoms with Crippen molar-refractivity contribution < 1.29 is 4.74 Å². The van der Waals surface area contributed by atoms with Crippen LogP contribution in [-0.4, -0.2) is 32.3 Å². The van der Waals surface area contributed by atoms with Gasteiger partial charge in [-0.3, -0.25) is 0 Å². The molecule has 0 spiro atoms. The normalized spacial score (nSPS) is 25.0. The number of nitrogens with one attached hydrogen (secondary N) is 1. The summed E-state index contributed by atoms with van der Waals surface area (Å²) < 4.78 is 5.78. The molecule has 1 heterocycles. The lowest BCUT2D eigenvalue weighted by Gasteiger charge is -2.37. The Balaban J connectivity index is 2.20. The van der Waals surface area contributed by atoms with Crippen molar-refractivity contribution in [3.8, 4) is 0 Å². The van der Waals surface area contributed by atoms with E-state index in [0.29, 0.717) is 12.2 Å². The molecule has 0 amide bonds. The first-order chi connectivity index (χ1) is 8.20. The fraction of sp³-hybridized carbons (Fsp3) is 0.571. The number of ether oxygens (including phenoxy) is 1. The van der Waals surface area contributed by atoms with Crippen molar-refractivity contribution >= 4 is 5.69 Å². The van der Waals surface area contributed by atoms with Gasteiger partial charge in [0.1, 0.15) is 0 Å². The summed E-state index contributed by atoms with van der Waals surface area (Å²) in [7, 11) is 1.99. The molecule has 1 fully saturated rings. The smallest absolute Gasteiger partial charge is 0.0726 e. The highest BCUT2D eigenvalue weighted by molar-refractivity contribution is 5.54. The summed E-state index contributed by atoms with van der Waals surface area (Å²) in [6.45, 7) is 7.15. The van der Waals surface area contributed by atoms with Crippen molar-refractivity contribution in [2.75, 3.05) is 25.0 Å². The monoisotopic (exact) mass is 234 g/mol. The van der Waals surface area contributed by atoms with Crippen molar-refractivity contribution in [1.82, 2.24) is 5.32 Å². The third kappa shape index (κ3) is 2.99. The molecule has 0 radical (unpaired) electrons. The van der Waals surface area contributed by atoms with E-state index < -0.39 is 0 Å². The van der Waals surface area contributed by atoms with Gasteiger partial charge in [-0.2, -0.15) is 0 Å². The molecule has 3 nitrogen and oxygen atoms in total. The fourth-order valence-corrected chi connectivity index (χ4v) is 2.53. The van der Waals surface area contributed by atoms with Crippen LogP contribution in [0, 0.1) is 0 Å². The molecule has 0 aromatic heterocycles. The van der Waals surface area contributed by atoms with Gasteiger partial charge in [-0.1, -0.05) is 18.2 Å². The summed E-state index contributed by atoms with van der Waals surface area (Å²) in [4.78, 5) is 2.44. The summed E-state index contributed by atoms with van der Waals surface area (Å²) in [5.74, 6) is 0. The molecule has 1 aliphatic rings. The average molecular weight is 234 g/mol. The fourth-order valence-electron chi connectivity index (χ4n) is 2.53. The van der Waals surface area contributed by atoms with E-state index in [2.05, 4.69) is 48.3 Å². The minimum absolute atomic E-state index is 0.307. The Labute approximate surface area is 104 Å². The van der Waals surface area contributed by atoms with Gasteiger partial charge in [-0.05, 0) is 32.5 Å². The summed E-state index contributed by atoms with van der Waals surface area (Å²) in [6.07, 6.45) is 0.614. The van der Waals surface area contributed by atoms with Gasteiger partial charge in [0.15, 0.2) is 0 Å². The number of hydrogen-bond acceptors (Lipinski definition) is 3. The maximum Gasteiger partial charge on any atom is 0.0726 e. The van der Waals surface area contributed by atoms with Crippen molar-refractivity contribution in [3.63, 3.8) is 0 Å². The number of morpholine rings is 1. The molecule has 0 bridgehead atoms. The molecule has 1 saturated heterocycles. The van der Waals surface area contributed by atoms with E-state index in [1.54, 1.807) is 0 Å². The van der Waals surface area contributed by atoms with Gasteiger partial charge >= 0.3 is 0 Å². The molecule has 2 rings (SSSR count). The lowest BCUT2D eigenvalue weighted by Crippen LogP contribution is -2.45. The third-order valence-corrected chi connectivity index (χ3v) is 3.12. The van der Waals surface area contributed by atoms with Crippen LogP contribution in [0.25, 0.3) is 0 Å². The van der Waals surface area contributed by atoms with Crippen LogP contribution in [0.2, 0.25) is 0 Å². The van der Waals surface area contributed by atoms with Gasteiger partial charge in [-0.25, -0.2) is 0 Å². The van der Waals surface area contributed by atoms with E-state index in [1.807, 2.05) is 7.05 Å². The number of nitrogens with zero attached hydrogens (tertiary/aromatic N) is 1. The summed E-state index contributed by atoms with van der Waals surface area (Å²) in [5.41, 5.74) is 2.69. The number of para-hydroxylation sites is 1. The molecule has 17 heavy (non-hydrogen) atoms. The standard InChI is InChI=1S/C14H22N2O/c1-11-9-16(10-12(2)17-11)14-7-5-4-6-13(14)8-15-3/h4-7,11-12,15H,8-10H2,1-3H3/t11-,12+. The maximum atomic E-state index is 5.78. The van der Waals surface area contributed by atoms with Crippen LogP contribution in [0.5, 0.6) is 0 Å². The zero-order valence-corrected chi connectivity index (χ0v) is 10.9. The van der Waals surface area contributed by atoms with Crippen LogP contribution in [-0.2, 0) is 11.3 Å². The van der Waals surface area contributed by atoms with E-state index in [9.17, 15) is 0 Å². The number of anilines is 1. The topological polar surface area (TPSA) is 24.5 Å². The molecule has 1 aromatic carbocycles. The van der Waals surface area contributed by atoms with Crippen molar-refractivity contribution in [2.45, 2.75) is 32.6 Å². The Morgan fingerprint density at radius 1 is 1.24 bits per heavy atom. The summed E-state index contributed by atoms with van der Waals surface area (Å²) in [6, 6.07) is 8.61. The first-order valence-corrected chi connectivity index (χ1v) is 6.33. The lowest BCUT2D eigenvalue weighted by molar-refractivity contribution is -0.00526. The largest absolute Gasteiger partial charge is 0.372 e. The predicted octanol–water partition coefficient (Wildman–Crippen LogP) is 2.02. The SMILES string of the molecule is CNCc1ccccc1N1C[C@@H](C)O[C@@H](C)C1. The van der Waals surface area contributed by atoms with Gasteiger partial charge in [0.05, 0.1) is 12.2 Å². The highest BCUT2D eigenvalue weighted by Crippen LogP contribution is 2.24. The van der Waals surface area contributed by atoms with E-state index in [4.69, 9.17) is 4.74 Å². The molecule has 0 aliphatic carbocycles. The number of rotatable bonds is 3.